The molecule has 0 atom stereocenters. The number of aliphatic carboxylic acids is 1. The van der Waals surface area contributed by atoms with Gasteiger partial charge in [0.1, 0.15) is 5.54 Å². The zero-order chi connectivity index (χ0) is 13.2. The maximum Gasteiger partial charge on any atom is 0.329 e. The van der Waals surface area contributed by atoms with Crippen LogP contribution in [-0.4, -0.2) is 57.9 Å². The van der Waals surface area contributed by atoms with Crippen LogP contribution >= 0.6 is 0 Å². The van der Waals surface area contributed by atoms with Gasteiger partial charge in [0.25, 0.3) is 0 Å². The van der Waals surface area contributed by atoms with E-state index in [1.54, 1.807) is 0 Å². The Labute approximate surface area is 100 Å². The minimum absolute atomic E-state index is 0.268. The van der Waals surface area contributed by atoms with Crippen molar-refractivity contribution in [3.63, 3.8) is 0 Å². The molecule has 0 bridgehead atoms. The minimum atomic E-state index is -1.34. The van der Waals surface area contributed by atoms with Crippen molar-refractivity contribution in [2.75, 3.05) is 19.6 Å². The summed E-state index contributed by atoms with van der Waals surface area (Å²) in [5, 5.41) is 9.05. The molecule has 17 heavy (non-hydrogen) atoms. The van der Waals surface area contributed by atoms with Gasteiger partial charge < -0.3 is 14.9 Å². The zero-order valence-electron chi connectivity index (χ0n) is 10.4. The van der Waals surface area contributed by atoms with Crippen molar-refractivity contribution >= 4 is 17.8 Å². The molecule has 1 heterocycles. The lowest BCUT2D eigenvalue weighted by Gasteiger charge is -2.40. The zero-order valence-corrected chi connectivity index (χ0v) is 10.4. The van der Waals surface area contributed by atoms with Crippen LogP contribution in [0.1, 0.15) is 27.2 Å². The van der Waals surface area contributed by atoms with Crippen LogP contribution in [0.3, 0.4) is 0 Å². The van der Waals surface area contributed by atoms with Crippen LogP contribution in [-0.2, 0) is 14.4 Å². The number of hydrogen-bond acceptors (Lipinski definition) is 3. The Hall–Kier alpha value is -1.59. The Bertz CT molecular complexity index is 351. The van der Waals surface area contributed by atoms with Gasteiger partial charge in [-0.2, -0.15) is 0 Å². The molecule has 2 amide bonds. The standard InChI is InChI=1S/C11H18N2O4/c1-4-5-12-6-7-13(9(15)8(12)14)11(2,3)10(16)17/h4-7H2,1-3H3,(H,16,17). The molecule has 1 fully saturated rings. The smallest absolute Gasteiger partial charge is 0.329 e. The van der Waals surface area contributed by atoms with Crippen LogP contribution in [0.25, 0.3) is 0 Å². The molecule has 0 spiro atoms. The van der Waals surface area contributed by atoms with Gasteiger partial charge in [0.2, 0.25) is 0 Å². The van der Waals surface area contributed by atoms with Gasteiger partial charge in [0.05, 0.1) is 0 Å². The molecule has 1 aliphatic rings. The first-order chi connectivity index (χ1) is 7.82. The number of carbonyl (C=O) groups is 3. The van der Waals surface area contributed by atoms with Crippen molar-refractivity contribution in [2.45, 2.75) is 32.7 Å². The summed E-state index contributed by atoms with van der Waals surface area (Å²) in [6.45, 7) is 5.97. The van der Waals surface area contributed by atoms with Crippen molar-refractivity contribution in [1.29, 1.82) is 0 Å². The van der Waals surface area contributed by atoms with Crippen LogP contribution in [0.15, 0.2) is 0 Å². The molecule has 0 unspecified atom stereocenters. The first-order valence-corrected chi connectivity index (χ1v) is 5.66. The summed E-state index contributed by atoms with van der Waals surface area (Å²) < 4.78 is 0. The lowest BCUT2D eigenvalue weighted by Crippen LogP contribution is -2.63. The topological polar surface area (TPSA) is 77.9 Å². The highest BCUT2D eigenvalue weighted by atomic mass is 16.4. The lowest BCUT2D eigenvalue weighted by molar-refractivity contribution is -0.167. The molecule has 0 aromatic heterocycles. The van der Waals surface area contributed by atoms with Crippen molar-refractivity contribution in [1.82, 2.24) is 9.80 Å². The molecule has 96 valence electrons. The monoisotopic (exact) mass is 242 g/mol. The summed E-state index contributed by atoms with van der Waals surface area (Å²) in [6.07, 6.45) is 0.779. The van der Waals surface area contributed by atoms with E-state index in [-0.39, 0.29) is 6.54 Å². The number of nitrogens with zero attached hydrogens (tertiary/aromatic N) is 2. The Morgan fingerprint density at radius 1 is 1.29 bits per heavy atom. The van der Waals surface area contributed by atoms with E-state index in [1.165, 1.54) is 18.7 Å². The van der Waals surface area contributed by atoms with Gasteiger partial charge in [-0.3, -0.25) is 9.59 Å². The van der Waals surface area contributed by atoms with E-state index in [0.29, 0.717) is 13.1 Å². The summed E-state index contributed by atoms with van der Waals surface area (Å²) >= 11 is 0. The molecule has 0 radical (unpaired) electrons. The molecule has 0 saturated carbocycles. The van der Waals surface area contributed by atoms with Crippen LogP contribution in [0, 0.1) is 0 Å². The Morgan fingerprint density at radius 3 is 2.35 bits per heavy atom. The van der Waals surface area contributed by atoms with Crippen LogP contribution in [0.4, 0.5) is 0 Å². The lowest BCUT2D eigenvalue weighted by atomic mass is 10.0. The quantitative estimate of drug-likeness (QED) is 0.700. The number of amides is 2. The van der Waals surface area contributed by atoms with Gasteiger partial charge in [0.15, 0.2) is 0 Å². The van der Waals surface area contributed by atoms with Crippen molar-refractivity contribution in [3.05, 3.63) is 0 Å². The molecule has 0 aromatic carbocycles. The van der Waals surface area contributed by atoms with E-state index < -0.39 is 23.3 Å². The highest BCUT2D eigenvalue weighted by molar-refractivity contribution is 6.36. The summed E-state index contributed by atoms with van der Waals surface area (Å²) in [6, 6.07) is 0. The Balaban J connectivity index is 2.86. The first kappa shape index (κ1) is 13.5. The summed E-state index contributed by atoms with van der Waals surface area (Å²) in [5.41, 5.74) is -1.34. The number of piperazine rings is 1. The fourth-order valence-corrected chi connectivity index (χ4v) is 1.81. The summed E-state index contributed by atoms with van der Waals surface area (Å²) in [7, 11) is 0. The molecule has 0 aromatic rings. The second kappa shape index (κ2) is 4.73. The fraction of sp³-hybridized carbons (Fsp3) is 0.727. The second-order valence-electron chi connectivity index (χ2n) is 4.61. The third kappa shape index (κ3) is 2.40. The third-order valence-electron chi connectivity index (χ3n) is 3.00. The van der Waals surface area contributed by atoms with Gasteiger partial charge >= 0.3 is 17.8 Å². The number of carboxylic acid groups (broad SMARTS) is 1. The van der Waals surface area contributed by atoms with E-state index in [9.17, 15) is 14.4 Å². The van der Waals surface area contributed by atoms with Gasteiger partial charge in [-0.05, 0) is 20.3 Å². The maximum atomic E-state index is 11.8. The highest BCUT2D eigenvalue weighted by Gasteiger charge is 2.43. The van der Waals surface area contributed by atoms with Crippen molar-refractivity contribution < 1.29 is 19.5 Å². The molecule has 6 nitrogen and oxygen atoms in total. The predicted molar refractivity (Wildman–Crippen MR) is 60.3 cm³/mol. The maximum absolute atomic E-state index is 11.8. The SMILES string of the molecule is CCCN1CCN(C(C)(C)C(=O)O)C(=O)C1=O. The van der Waals surface area contributed by atoms with Crippen molar-refractivity contribution in [2.24, 2.45) is 0 Å². The predicted octanol–water partition coefficient (Wildman–Crippen LogP) is -0.0696. The fourth-order valence-electron chi connectivity index (χ4n) is 1.81. The van der Waals surface area contributed by atoms with E-state index in [0.717, 1.165) is 11.3 Å². The largest absolute Gasteiger partial charge is 0.480 e. The third-order valence-corrected chi connectivity index (χ3v) is 3.00. The van der Waals surface area contributed by atoms with E-state index >= 15 is 0 Å². The Morgan fingerprint density at radius 2 is 1.88 bits per heavy atom. The molecule has 0 aliphatic carbocycles. The van der Waals surface area contributed by atoms with E-state index in [4.69, 9.17) is 5.11 Å². The number of hydrogen-bond donors (Lipinski definition) is 1. The molecule has 1 aliphatic heterocycles. The number of rotatable bonds is 4. The molecular formula is C11H18N2O4. The average Bonchev–Trinajstić information content (AvgIpc) is 2.24. The van der Waals surface area contributed by atoms with Gasteiger partial charge in [-0.25, -0.2) is 4.79 Å². The molecular weight excluding hydrogens is 224 g/mol. The van der Waals surface area contributed by atoms with Gasteiger partial charge in [0, 0.05) is 19.6 Å². The molecule has 1 saturated heterocycles. The van der Waals surface area contributed by atoms with E-state index in [1.807, 2.05) is 6.92 Å². The van der Waals surface area contributed by atoms with Crippen molar-refractivity contribution in [3.8, 4) is 0 Å². The molecule has 1 N–H and O–H groups in total. The number of carboxylic acids is 1. The summed E-state index contributed by atoms with van der Waals surface area (Å²) in [4.78, 5) is 37.2. The first-order valence-electron chi connectivity index (χ1n) is 5.66. The summed E-state index contributed by atoms with van der Waals surface area (Å²) in [5.74, 6) is -2.44. The van der Waals surface area contributed by atoms with Crippen LogP contribution < -0.4 is 0 Å². The highest BCUT2D eigenvalue weighted by Crippen LogP contribution is 2.19. The number of carbonyl (C=O) groups excluding carboxylic acids is 2. The van der Waals surface area contributed by atoms with Crippen LogP contribution in [0.2, 0.25) is 0 Å². The normalized spacial score (nSPS) is 17.6. The van der Waals surface area contributed by atoms with Gasteiger partial charge in [-0.1, -0.05) is 6.92 Å². The molecule has 1 rings (SSSR count). The second-order valence-corrected chi connectivity index (χ2v) is 4.61. The van der Waals surface area contributed by atoms with E-state index in [2.05, 4.69) is 0 Å². The van der Waals surface area contributed by atoms with Crippen LogP contribution in [0.5, 0.6) is 0 Å². The average molecular weight is 242 g/mol. The minimum Gasteiger partial charge on any atom is -0.480 e. The molecule has 6 heteroatoms. The van der Waals surface area contributed by atoms with Gasteiger partial charge in [-0.15, -0.1) is 0 Å². The Kier molecular flexibility index (Phi) is 3.75.